The molecule has 2 aromatic heterocycles. The van der Waals surface area contributed by atoms with Crippen LogP contribution < -0.4 is 5.32 Å². The van der Waals surface area contributed by atoms with Gasteiger partial charge in [0.2, 0.25) is 0 Å². The molecule has 2 heterocycles. The van der Waals surface area contributed by atoms with Crippen molar-refractivity contribution in [3.8, 4) is 0 Å². The maximum absolute atomic E-state index is 13.7. The van der Waals surface area contributed by atoms with Gasteiger partial charge in [0.25, 0.3) is 5.91 Å². The Labute approximate surface area is 140 Å². The lowest BCUT2D eigenvalue weighted by atomic mass is 9.98. The average molecular weight is 349 g/mol. The summed E-state index contributed by atoms with van der Waals surface area (Å²) in [4.78, 5) is 12.7. The zero-order valence-electron chi connectivity index (χ0n) is 12.3. The molecule has 0 unspecified atom stereocenters. The van der Waals surface area contributed by atoms with Crippen LogP contribution in [0.3, 0.4) is 0 Å². The molecule has 0 fully saturated rings. The second kappa shape index (κ2) is 6.54. The van der Waals surface area contributed by atoms with Crippen molar-refractivity contribution in [3.05, 3.63) is 81.9 Å². The largest absolute Gasteiger partial charge is 0.466 e. The topological polar surface area (TPSA) is 62.5 Å². The highest BCUT2D eigenvalue weighted by Crippen LogP contribution is 2.32. The molecule has 0 saturated carbocycles. The third-order valence-corrected chi connectivity index (χ3v) is 4.57. The Kier molecular flexibility index (Phi) is 4.46. The Morgan fingerprint density at radius 1 is 1.17 bits per heavy atom. The first-order chi connectivity index (χ1) is 11.5. The first-order valence-electron chi connectivity index (χ1n) is 7.05. The van der Waals surface area contributed by atoms with Gasteiger partial charge in [0.15, 0.2) is 5.60 Å². The van der Waals surface area contributed by atoms with Gasteiger partial charge < -0.3 is 14.8 Å². The molecule has 1 atom stereocenters. The van der Waals surface area contributed by atoms with E-state index in [1.165, 1.54) is 23.7 Å². The van der Waals surface area contributed by atoms with Crippen LogP contribution in [-0.4, -0.2) is 17.6 Å². The van der Waals surface area contributed by atoms with Gasteiger partial charge in [-0.25, -0.2) is 8.78 Å². The van der Waals surface area contributed by atoms with Crippen LogP contribution in [0.15, 0.2) is 58.5 Å². The van der Waals surface area contributed by atoms with Gasteiger partial charge in [0, 0.05) is 4.88 Å². The van der Waals surface area contributed by atoms with E-state index < -0.39 is 28.7 Å². The Bertz CT molecular complexity index is 777. The van der Waals surface area contributed by atoms with E-state index in [0.717, 1.165) is 12.1 Å². The van der Waals surface area contributed by atoms with Crippen LogP contribution in [-0.2, 0) is 5.60 Å². The van der Waals surface area contributed by atoms with E-state index in [1.54, 1.807) is 29.6 Å². The van der Waals surface area contributed by atoms with Crippen molar-refractivity contribution in [2.75, 3.05) is 6.54 Å². The number of rotatable bonds is 5. The van der Waals surface area contributed by atoms with Crippen LogP contribution in [0, 0.1) is 11.6 Å². The molecular formula is C17H13F2NO3S. The van der Waals surface area contributed by atoms with Crippen LogP contribution in [0.1, 0.15) is 21.0 Å². The van der Waals surface area contributed by atoms with Crippen LogP contribution in [0.25, 0.3) is 0 Å². The summed E-state index contributed by atoms with van der Waals surface area (Å²) < 4.78 is 32.6. The number of thiophene rings is 1. The van der Waals surface area contributed by atoms with E-state index in [4.69, 9.17) is 4.42 Å². The van der Waals surface area contributed by atoms with Crippen molar-refractivity contribution in [1.82, 2.24) is 5.32 Å². The number of carbonyl (C=O) groups is 1. The minimum atomic E-state index is -1.63. The van der Waals surface area contributed by atoms with Crippen molar-refractivity contribution in [1.29, 1.82) is 0 Å². The molecular weight excluding hydrogens is 336 g/mol. The number of carbonyl (C=O) groups excluding carboxylic acids is 1. The standard InChI is InChI=1S/C17H13F2NO3S/c18-11-4-1-5-12(19)15(11)16(21)20-10-17(22,13-6-2-8-23-13)14-7-3-9-24-14/h1-9,22H,10H2,(H,20,21)/t17-/m1/s1. The van der Waals surface area contributed by atoms with Crippen LogP contribution in [0.5, 0.6) is 0 Å². The molecule has 0 spiro atoms. The van der Waals surface area contributed by atoms with Gasteiger partial charge in [-0.3, -0.25) is 4.79 Å². The molecule has 0 aliphatic heterocycles. The molecule has 1 amide bonds. The summed E-state index contributed by atoms with van der Waals surface area (Å²) in [5.74, 6) is -2.67. The van der Waals surface area contributed by atoms with Crippen LogP contribution >= 0.6 is 11.3 Å². The van der Waals surface area contributed by atoms with Crippen LogP contribution in [0.2, 0.25) is 0 Å². The minimum Gasteiger partial charge on any atom is -0.466 e. The van der Waals surface area contributed by atoms with Gasteiger partial charge in [0.1, 0.15) is 23.0 Å². The summed E-state index contributed by atoms with van der Waals surface area (Å²) >= 11 is 1.27. The highest BCUT2D eigenvalue weighted by Gasteiger charge is 2.36. The van der Waals surface area contributed by atoms with Gasteiger partial charge in [-0.1, -0.05) is 12.1 Å². The molecule has 0 aliphatic carbocycles. The maximum atomic E-state index is 13.7. The first-order valence-corrected chi connectivity index (χ1v) is 7.93. The van der Waals surface area contributed by atoms with E-state index in [2.05, 4.69) is 5.32 Å². The molecule has 0 bridgehead atoms. The highest BCUT2D eigenvalue weighted by molar-refractivity contribution is 7.10. The molecule has 0 saturated heterocycles. The number of furan rings is 1. The number of aliphatic hydroxyl groups is 1. The minimum absolute atomic E-state index is 0.222. The van der Waals surface area contributed by atoms with Crippen LogP contribution in [0.4, 0.5) is 8.78 Å². The zero-order chi connectivity index (χ0) is 17.2. The third kappa shape index (κ3) is 2.95. The van der Waals surface area contributed by atoms with Crippen molar-refractivity contribution < 1.29 is 23.1 Å². The Hall–Kier alpha value is -2.51. The third-order valence-electron chi connectivity index (χ3n) is 3.55. The maximum Gasteiger partial charge on any atom is 0.257 e. The SMILES string of the molecule is O=C(NC[C@@](O)(c1ccco1)c1cccs1)c1c(F)cccc1F. The fourth-order valence-corrected chi connectivity index (χ4v) is 3.16. The van der Waals surface area contributed by atoms with Crippen molar-refractivity contribution >= 4 is 17.2 Å². The van der Waals surface area contributed by atoms with E-state index >= 15 is 0 Å². The number of hydrogen-bond donors (Lipinski definition) is 2. The Morgan fingerprint density at radius 2 is 1.92 bits per heavy atom. The summed E-state index contributed by atoms with van der Waals surface area (Å²) in [5, 5.41) is 15.1. The van der Waals surface area contributed by atoms with Crippen molar-refractivity contribution in [2.45, 2.75) is 5.60 Å². The summed E-state index contributed by atoms with van der Waals surface area (Å²) in [6.07, 6.45) is 1.40. The lowest BCUT2D eigenvalue weighted by molar-refractivity contribution is 0.0551. The van der Waals surface area contributed by atoms with Gasteiger partial charge in [0.05, 0.1) is 12.8 Å². The molecule has 2 N–H and O–H groups in total. The molecule has 24 heavy (non-hydrogen) atoms. The van der Waals surface area contributed by atoms with Crippen molar-refractivity contribution in [3.63, 3.8) is 0 Å². The zero-order valence-corrected chi connectivity index (χ0v) is 13.1. The summed E-state index contributed by atoms with van der Waals surface area (Å²) in [6.45, 7) is -0.298. The predicted octanol–water partition coefficient (Wildman–Crippen LogP) is 3.29. The number of amides is 1. The molecule has 3 aromatic rings. The monoisotopic (exact) mass is 349 g/mol. The normalized spacial score (nSPS) is 13.5. The first kappa shape index (κ1) is 16.4. The summed E-state index contributed by atoms with van der Waals surface area (Å²) in [6, 6.07) is 9.76. The highest BCUT2D eigenvalue weighted by atomic mass is 32.1. The summed E-state index contributed by atoms with van der Waals surface area (Å²) in [5.41, 5.74) is -2.32. The molecule has 0 radical (unpaired) electrons. The molecule has 3 rings (SSSR count). The van der Waals surface area contributed by atoms with E-state index in [1.807, 2.05) is 0 Å². The summed E-state index contributed by atoms with van der Waals surface area (Å²) in [7, 11) is 0. The quantitative estimate of drug-likeness (QED) is 0.743. The van der Waals surface area contributed by atoms with E-state index in [-0.39, 0.29) is 12.3 Å². The average Bonchev–Trinajstić information content (AvgIpc) is 3.25. The number of hydrogen-bond acceptors (Lipinski definition) is 4. The number of benzene rings is 1. The molecule has 1 aromatic carbocycles. The lowest BCUT2D eigenvalue weighted by Crippen LogP contribution is -2.41. The lowest BCUT2D eigenvalue weighted by Gasteiger charge is -2.25. The molecule has 4 nitrogen and oxygen atoms in total. The number of nitrogens with one attached hydrogen (secondary N) is 1. The Morgan fingerprint density at radius 3 is 2.50 bits per heavy atom. The fourth-order valence-electron chi connectivity index (χ4n) is 2.33. The molecule has 124 valence electrons. The van der Waals surface area contributed by atoms with Gasteiger partial charge >= 0.3 is 0 Å². The second-order valence-corrected chi connectivity index (χ2v) is 6.04. The number of halogens is 2. The van der Waals surface area contributed by atoms with Crippen molar-refractivity contribution in [2.24, 2.45) is 0 Å². The van der Waals surface area contributed by atoms with Gasteiger partial charge in [-0.05, 0) is 35.7 Å². The fraction of sp³-hybridized carbons (Fsp3) is 0.118. The molecule has 7 heteroatoms. The van der Waals surface area contributed by atoms with E-state index in [0.29, 0.717) is 4.88 Å². The Balaban J connectivity index is 1.86. The predicted molar refractivity (Wildman–Crippen MR) is 84.7 cm³/mol. The van der Waals surface area contributed by atoms with Gasteiger partial charge in [-0.15, -0.1) is 11.3 Å². The smallest absolute Gasteiger partial charge is 0.257 e. The molecule has 0 aliphatic rings. The second-order valence-electron chi connectivity index (χ2n) is 5.09. The van der Waals surface area contributed by atoms with Gasteiger partial charge in [-0.2, -0.15) is 0 Å². The van der Waals surface area contributed by atoms with E-state index in [9.17, 15) is 18.7 Å².